The highest BCUT2D eigenvalue weighted by Gasteiger charge is 2.32. The van der Waals surface area contributed by atoms with Gasteiger partial charge in [0.05, 0.1) is 23.8 Å². The van der Waals surface area contributed by atoms with Gasteiger partial charge in [0.15, 0.2) is 0 Å². The lowest BCUT2D eigenvalue weighted by molar-refractivity contribution is -0.119. The Hall–Kier alpha value is -2.62. The molecule has 2 aromatic rings. The third-order valence-electron chi connectivity index (χ3n) is 4.16. The summed E-state index contributed by atoms with van der Waals surface area (Å²) < 4.78 is 0. The van der Waals surface area contributed by atoms with E-state index in [2.05, 4.69) is 0 Å². The Morgan fingerprint density at radius 1 is 1.00 bits per heavy atom. The van der Waals surface area contributed by atoms with E-state index in [4.69, 9.17) is 0 Å². The summed E-state index contributed by atoms with van der Waals surface area (Å²) in [5.74, 6) is 0.0545. The smallest absolute Gasteiger partial charge is 0.231 e. The van der Waals surface area contributed by atoms with Crippen molar-refractivity contribution in [2.75, 3.05) is 16.3 Å². The zero-order valence-corrected chi connectivity index (χ0v) is 13.4. The first kappa shape index (κ1) is 15.3. The molecule has 2 aromatic carbocycles. The van der Waals surface area contributed by atoms with E-state index >= 15 is 0 Å². The highest BCUT2D eigenvalue weighted by Crippen LogP contribution is 2.35. The van der Waals surface area contributed by atoms with Gasteiger partial charge in [0.1, 0.15) is 0 Å². The number of nitrogens with zero attached hydrogens (tertiary/aromatic N) is 2. The average molecular weight is 308 g/mol. The van der Waals surface area contributed by atoms with Gasteiger partial charge in [-0.3, -0.25) is 9.59 Å². The number of fused-ring (bicyclic) bond motifs is 1. The van der Waals surface area contributed by atoms with E-state index in [-0.39, 0.29) is 17.9 Å². The number of carbonyl (C=O) groups is 2. The molecule has 1 atom stereocenters. The van der Waals surface area contributed by atoms with Crippen molar-refractivity contribution in [3.8, 4) is 0 Å². The lowest BCUT2D eigenvalue weighted by Crippen LogP contribution is -2.51. The van der Waals surface area contributed by atoms with E-state index in [1.165, 1.54) is 0 Å². The van der Waals surface area contributed by atoms with Gasteiger partial charge in [-0.2, -0.15) is 0 Å². The van der Waals surface area contributed by atoms with Gasteiger partial charge >= 0.3 is 0 Å². The van der Waals surface area contributed by atoms with Gasteiger partial charge in [0.25, 0.3) is 0 Å². The second-order valence-corrected chi connectivity index (χ2v) is 5.89. The van der Waals surface area contributed by atoms with Crippen LogP contribution in [0.2, 0.25) is 0 Å². The maximum Gasteiger partial charge on any atom is 0.231 e. The van der Waals surface area contributed by atoms with Crippen LogP contribution in [0.4, 0.5) is 11.4 Å². The fourth-order valence-electron chi connectivity index (χ4n) is 3.16. The molecule has 0 spiro atoms. The molecule has 0 saturated heterocycles. The van der Waals surface area contributed by atoms with Crippen molar-refractivity contribution in [1.82, 2.24) is 0 Å². The van der Waals surface area contributed by atoms with E-state index in [0.29, 0.717) is 13.0 Å². The highest BCUT2D eigenvalue weighted by atomic mass is 16.2. The van der Waals surface area contributed by atoms with E-state index in [9.17, 15) is 9.59 Å². The molecule has 0 fully saturated rings. The molecule has 1 aliphatic rings. The van der Waals surface area contributed by atoms with Crippen LogP contribution in [-0.2, 0) is 16.0 Å². The number of hydrogen-bond acceptors (Lipinski definition) is 2. The van der Waals surface area contributed by atoms with Crippen LogP contribution in [0.1, 0.15) is 19.4 Å². The molecule has 0 saturated carbocycles. The average Bonchev–Trinajstić information content (AvgIpc) is 2.54. The van der Waals surface area contributed by atoms with Gasteiger partial charge in [-0.05, 0) is 24.6 Å². The molecule has 2 amide bonds. The standard InChI is InChI=1S/C19H20N2O2/c1-14-13-20(19(23)12-16-8-4-3-5-9-16)17-10-6-7-11-18(17)21(14)15(2)22/h3-11,14H,12-13H2,1-2H3/t14-/m0/s1. The molecule has 0 N–H and O–H groups in total. The molecule has 0 radical (unpaired) electrons. The van der Waals surface area contributed by atoms with E-state index in [0.717, 1.165) is 16.9 Å². The minimum absolute atomic E-state index is 0.000100. The van der Waals surface area contributed by atoms with Crippen LogP contribution in [0.5, 0.6) is 0 Å². The molecule has 1 aliphatic heterocycles. The number of rotatable bonds is 2. The second kappa shape index (κ2) is 6.24. The molecule has 4 heteroatoms. The van der Waals surface area contributed by atoms with Gasteiger partial charge in [-0.25, -0.2) is 0 Å². The molecule has 118 valence electrons. The van der Waals surface area contributed by atoms with Crippen molar-refractivity contribution in [2.24, 2.45) is 0 Å². The number of carbonyl (C=O) groups excluding carboxylic acids is 2. The normalized spacial score (nSPS) is 16.9. The largest absolute Gasteiger partial charge is 0.308 e. The van der Waals surface area contributed by atoms with Crippen LogP contribution < -0.4 is 9.80 Å². The first-order chi connectivity index (χ1) is 11.1. The fraction of sp³-hybridized carbons (Fsp3) is 0.263. The lowest BCUT2D eigenvalue weighted by Gasteiger charge is -2.40. The van der Waals surface area contributed by atoms with E-state index < -0.39 is 0 Å². The summed E-state index contributed by atoms with van der Waals surface area (Å²) >= 11 is 0. The summed E-state index contributed by atoms with van der Waals surface area (Å²) in [7, 11) is 0. The molecular formula is C19H20N2O2. The van der Waals surface area contributed by atoms with Crippen LogP contribution in [-0.4, -0.2) is 24.4 Å². The van der Waals surface area contributed by atoms with Crippen molar-refractivity contribution >= 4 is 23.2 Å². The van der Waals surface area contributed by atoms with Gasteiger partial charge in [-0.15, -0.1) is 0 Å². The number of hydrogen-bond donors (Lipinski definition) is 0. The molecule has 3 rings (SSSR count). The zero-order chi connectivity index (χ0) is 16.4. The SMILES string of the molecule is CC(=O)N1c2ccccc2N(C(=O)Cc2ccccc2)C[C@@H]1C. The summed E-state index contributed by atoms with van der Waals surface area (Å²) in [5.41, 5.74) is 2.61. The Kier molecular flexibility index (Phi) is 4.15. The second-order valence-electron chi connectivity index (χ2n) is 5.89. The van der Waals surface area contributed by atoms with Gasteiger partial charge in [0, 0.05) is 13.5 Å². The van der Waals surface area contributed by atoms with Crippen molar-refractivity contribution in [1.29, 1.82) is 0 Å². The quantitative estimate of drug-likeness (QED) is 0.855. The van der Waals surface area contributed by atoms with Crippen LogP contribution in [0.25, 0.3) is 0 Å². The van der Waals surface area contributed by atoms with Crippen molar-refractivity contribution < 1.29 is 9.59 Å². The molecule has 0 unspecified atom stereocenters. The van der Waals surface area contributed by atoms with Gasteiger partial charge in [0.2, 0.25) is 11.8 Å². The maximum absolute atomic E-state index is 12.8. The lowest BCUT2D eigenvalue weighted by atomic mass is 10.1. The third kappa shape index (κ3) is 2.97. The molecule has 23 heavy (non-hydrogen) atoms. The number of amides is 2. The number of para-hydroxylation sites is 2. The number of benzene rings is 2. The maximum atomic E-state index is 12.8. The summed E-state index contributed by atoms with van der Waals surface area (Å²) in [5, 5.41) is 0. The van der Waals surface area contributed by atoms with Crippen LogP contribution >= 0.6 is 0 Å². The number of anilines is 2. The van der Waals surface area contributed by atoms with Crippen molar-refractivity contribution in [3.63, 3.8) is 0 Å². The highest BCUT2D eigenvalue weighted by molar-refractivity contribution is 6.04. The first-order valence-electron chi connectivity index (χ1n) is 7.81. The molecule has 1 heterocycles. The van der Waals surface area contributed by atoms with Crippen molar-refractivity contribution in [3.05, 3.63) is 60.2 Å². The van der Waals surface area contributed by atoms with Gasteiger partial charge in [-0.1, -0.05) is 42.5 Å². The summed E-state index contributed by atoms with van der Waals surface area (Å²) in [4.78, 5) is 28.3. The molecular weight excluding hydrogens is 288 g/mol. The monoisotopic (exact) mass is 308 g/mol. The minimum Gasteiger partial charge on any atom is -0.308 e. The first-order valence-corrected chi connectivity index (χ1v) is 7.81. The van der Waals surface area contributed by atoms with Crippen LogP contribution in [0, 0.1) is 0 Å². The van der Waals surface area contributed by atoms with E-state index in [1.54, 1.807) is 16.7 Å². The Labute approximate surface area is 136 Å². The summed E-state index contributed by atoms with van der Waals surface area (Å²) in [6, 6.07) is 17.3. The predicted octanol–water partition coefficient (Wildman–Crippen LogP) is 3.02. The van der Waals surface area contributed by atoms with Crippen LogP contribution in [0.3, 0.4) is 0 Å². The Bertz CT molecular complexity index is 727. The molecule has 0 aliphatic carbocycles. The van der Waals surface area contributed by atoms with Gasteiger partial charge < -0.3 is 9.80 Å². The third-order valence-corrected chi connectivity index (χ3v) is 4.16. The Balaban J connectivity index is 1.92. The molecule has 4 nitrogen and oxygen atoms in total. The minimum atomic E-state index is -0.0397. The van der Waals surface area contributed by atoms with E-state index in [1.807, 2.05) is 61.5 Å². The summed E-state index contributed by atoms with van der Waals surface area (Å²) in [6.45, 7) is 4.05. The Morgan fingerprint density at radius 3 is 2.26 bits per heavy atom. The predicted molar refractivity (Wildman–Crippen MR) is 91.6 cm³/mol. The van der Waals surface area contributed by atoms with Crippen molar-refractivity contribution in [2.45, 2.75) is 26.3 Å². The molecule has 0 aromatic heterocycles. The zero-order valence-electron chi connectivity index (χ0n) is 13.4. The topological polar surface area (TPSA) is 40.6 Å². The summed E-state index contributed by atoms with van der Waals surface area (Å²) in [6.07, 6.45) is 0.363. The molecule has 0 bridgehead atoms. The Morgan fingerprint density at radius 2 is 1.61 bits per heavy atom. The van der Waals surface area contributed by atoms with Crippen LogP contribution in [0.15, 0.2) is 54.6 Å². The fourth-order valence-corrected chi connectivity index (χ4v) is 3.16.